The molecule has 1 N–H and O–H groups in total. The van der Waals surface area contributed by atoms with E-state index in [2.05, 4.69) is 14.8 Å². The highest BCUT2D eigenvalue weighted by molar-refractivity contribution is 6.67. The molecule has 0 amide bonds. The molecule has 2 unspecified atom stereocenters. The lowest BCUT2D eigenvalue weighted by Crippen LogP contribution is -2.47. The van der Waals surface area contributed by atoms with Crippen LogP contribution < -0.4 is 0 Å². The van der Waals surface area contributed by atoms with Gasteiger partial charge in [-0.3, -0.25) is 24.4 Å². The number of β-amino-alcohol motifs (C(OH)–C–C–N with tert-alkyl or cyclic N) is 1. The Kier molecular flexibility index (Phi) is 6.88. The van der Waals surface area contributed by atoms with Crippen molar-refractivity contribution in [1.29, 1.82) is 0 Å². The van der Waals surface area contributed by atoms with Crippen LogP contribution in [0, 0.1) is 5.92 Å². The molecule has 0 aromatic heterocycles. The quantitative estimate of drug-likeness (QED) is 0.808. The predicted molar refractivity (Wildman–Crippen MR) is 105 cm³/mol. The van der Waals surface area contributed by atoms with Crippen molar-refractivity contribution in [2.75, 3.05) is 52.4 Å². The van der Waals surface area contributed by atoms with E-state index in [1.54, 1.807) is 0 Å². The molecule has 1 saturated heterocycles. The van der Waals surface area contributed by atoms with Crippen LogP contribution >= 0.6 is 0 Å². The second-order valence-corrected chi connectivity index (χ2v) is 7.43. The smallest absolute Gasteiger partial charge is 0.187 e. The largest absolute Gasteiger partial charge is 0.395 e. The molecule has 6 heteroatoms. The fourth-order valence-electron chi connectivity index (χ4n) is 3.96. The highest BCUT2D eigenvalue weighted by Gasteiger charge is 2.38. The van der Waals surface area contributed by atoms with Crippen molar-refractivity contribution in [2.24, 2.45) is 10.9 Å². The fraction of sp³-hybridized carbons (Fsp3) is 0.571. The molecule has 1 aromatic carbocycles. The molecule has 0 bridgehead atoms. The van der Waals surface area contributed by atoms with Gasteiger partial charge in [0.25, 0.3) is 0 Å². The van der Waals surface area contributed by atoms with Crippen LogP contribution in [-0.4, -0.2) is 84.6 Å². The molecule has 1 aromatic rings. The highest BCUT2D eigenvalue weighted by atomic mass is 16.3. The summed E-state index contributed by atoms with van der Waals surface area (Å²) in [6.07, 6.45) is 0.357. The molecule has 6 nitrogen and oxygen atoms in total. The van der Waals surface area contributed by atoms with Gasteiger partial charge in [0.15, 0.2) is 11.6 Å². The number of ketones is 2. The van der Waals surface area contributed by atoms with Crippen LogP contribution in [0.1, 0.15) is 24.8 Å². The van der Waals surface area contributed by atoms with Gasteiger partial charge in [0.05, 0.1) is 13.2 Å². The van der Waals surface area contributed by atoms with Gasteiger partial charge in [0, 0.05) is 57.5 Å². The zero-order valence-electron chi connectivity index (χ0n) is 16.0. The Balaban J connectivity index is 1.55. The van der Waals surface area contributed by atoms with Gasteiger partial charge in [-0.15, -0.1) is 0 Å². The Morgan fingerprint density at radius 3 is 2.30 bits per heavy atom. The first-order valence-corrected chi connectivity index (χ1v) is 9.82. The number of nitrogens with zero attached hydrogens (tertiary/aromatic N) is 3. The lowest BCUT2D eigenvalue weighted by molar-refractivity contribution is -0.122. The number of aliphatic hydroxyl groups excluding tert-OH is 1. The van der Waals surface area contributed by atoms with Gasteiger partial charge >= 0.3 is 0 Å². The van der Waals surface area contributed by atoms with E-state index < -0.39 is 0 Å². The molecule has 3 rings (SSSR count). The second-order valence-electron chi connectivity index (χ2n) is 7.43. The van der Waals surface area contributed by atoms with Gasteiger partial charge < -0.3 is 5.11 Å². The van der Waals surface area contributed by atoms with Crippen LogP contribution in [0.3, 0.4) is 0 Å². The summed E-state index contributed by atoms with van der Waals surface area (Å²) >= 11 is 0. The summed E-state index contributed by atoms with van der Waals surface area (Å²) in [4.78, 5) is 34.2. The van der Waals surface area contributed by atoms with Gasteiger partial charge in [-0.05, 0) is 5.56 Å². The fourth-order valence-corrected chi connectivity index (χ4v) is 3.96. The summed E-state index contributed by atoms with van der Waals surface area (Å²) in [5.74, 6) is -0.511. The average Bonchev–Trinajstić information content (AvgIpc) is 2.69. The number of carbonyl (C=O) groups excluding carboxylic acids is 2. The van der Waals surface area contributed by atoms with Gasteiger partial charge in [0.2, 0.25) is 0 Å². The third-order valence-corrected chi connectivity index (χ3v) is 5.71. The zero-order chi connectivity index (χ0) is 19.2. The second kappa shape index (κ2) is 9.35. The summed E-state index contributed by atoms with van der Waals surface area (Å²) in [5, 5.41) is 9.00. The standard InChI is InChI=1S/C21H29N3O3/c1-16-18(17-5-3-2-4-6-17)15-19(26)20(21(16)27)22-7-8-23-9-11-24(12-10-23)13-14-25/h2-6,16,18,25H,7-15H2,1H3. The molecule has 1 saturated carbocycles. The number of aliphatic hydroxyl groups is 1. The molecule has 2 atom stereocenters. The first-order chi connectivity index (χ1) is 13.1. The van der Waals surface area contributed by atoms with Crippen LogP contribution in [0.15, 0.2) is 35.3 Å². The van der Waals surface area contributed by atoms with E-state index in [1.807, 2.05) is 37.3 Å². The third-order valence-electron chi connectivity index (χ3n) is 5.71. The van der Waals surface area contributed by atoms with Gasteiger partial charge in [0.1, 0.15) is 5.71 Å². The van der Waals surface area contributed by atoms with E-state index in [-0.39, 0.29) is 35.7 Å². The van der Waals surface area contributed by atoms with Crippen LogP contribution in [-0.2, 0) is 9.59 Å². The van der Waals surface area contributed by atoms with Crippen molar-refractivity contribution in [3.8, 4) is 0 Å². The number of benzene rings is 1. The zero-order valence-corrected chi connectivity index (χ0v) is 16.0. The molecular weight excluding hydrogens is 342 g/mol. The summed E-state index contributed by atoms with van der Waals surface area (Å²) in [6, 6.07) is 9.81. The molecule has 27 heavy (non-hydrogen) atoms. The van der Waals surface area contributed by atoms with Crippen LogP contribution in [0.4, 0.5) is 0 Å². The first-order valence-electron chi connectivity index (χ1n) is 9.82. The number of Topliss-reactive ketones (excluding diaryl/α,β-unsaturated/α-hetero) is 2. The molecule has 2 fully saturated rings. The number of hydrogen-bond acceptors (Lipinski definition) is 6. The molecule has 2 aliphatic rings. The Bertz CT molecular complexity index is 681. The van der Waals surface area contributed by atoms with Crippen molar-refractivity contribution in [3.05, 3.63) is 35.9 Å². The predicted octanol–water partition coefficient (Wildman–Crippen LogP) is 0.999. The van der Waals surface area contributed by atoms with Crippen LogP contribution in [0.2, 0.25) is 0 Å². The Morgan fingerprint density at radius 2 is 1.67 bits per heavy atom. The van der Waals surface area contributed by atoms with E-state index >= 15 is 0 Å². The number of carbonyl (C=O) groups is 2. The molecule has 1 aliphatic carbocycles. The summed E-state index contributed by atoms with van der Waals surface area (Å²) < 4.78 is 0. The van der Waals surface area contributed by atoms with Gasteiger partial charge in [-0.1, -0.05) is 37.3 Å². The van der Waals surface area contributed by atoms with Crippen molar-refractivity contribution < 1.29 is 14.7 Å². The monoisotopic (exact) mass is 371 g/mol. The first kappa shape index (κ1) is 19.9. The summed E-state index contributed by atoms with van der Waals surface area (Å²) in [6.45, 7) is 7.79. The number of hydrogen-bond donors (Lipinski definition) is 1. The SMILES string of the molecule is CC1C(=O)C(=NCCN2CCN(CCO)CC2)C(=O)CC1c1ccccc1. The molecule has 1 aliphatic heterocycles. The Labute approximate surface area is 160 Å². The van der Waals surface area contributed by atoms with E-state index in [9.17, 15) is 9.59 Å². The minimum atomic E-state index is -0.217. The maximum atomic E-state index is 12.7. The molecular formula is C21H29N3O3. The van der Waals surface area contributed by atoms with E-state index in [1.165, 1.54) is 0 Å². The van der Waals surface area contributed by atoms with Crippen molar-refractivity contribution in [2.45, 2.75) is 19.3 Å². The Morgan fingerprint density at radius 1 is 1.04 bits per heavy atom. The molecule has 1 heterocycles. The Hall–Kier alpha value is -1.89. The maximum absolute atomic E-state index is 12.7. The number of aliphatic imine (C=N–C) groups is 1. The third kappa shape index (κ3) is 4.89. The molecule has 146 valence electrons. The van der Waals surface area contributed by atoms with Crippen molar-refractivity contribution >= 4 is 17.3 Å². The number of piperazine rings is 1. The van der Waals surface area contributed by atoms with Crippen molar-refractivity contribution in [3.63, 3.8) is 0 Å². The van der Waals surface area contributed by atoms with Gasteiger partial charge in [-0.2, -0.15) is 0 Å². The summed E-state index contributed by atoms with van der Waals surface area (Å²) in [7, 11) is 0. The topological polar surface area (TPSA) is 73.2 Å². The lowest BCUT2D eigenvalue weighted by atomic mass is 9.74. The van der Waals surface area contributed by atoms with Crippen molar-refractivity contribution in [1.82, 2.24) is 9.80 Å². The van der Waals surface area contributed by atoms with Crippen LogP contribution in [0.5, 0.6) is 0 Å². The van der Waals surface area contributed by atoms with E-state index in [0.717, 1.165) is 44.8 Å². The summed E-state index contributed by atoms with van der Waals surface area (Å²) in [5.41, 5.74) is 1.21. The highest BCUT2D eigenvalue weighted by Crippen LogP contribution is 2.33. The van der Waals surface area contributed by atoms with Crippen LogP contribution in [0.25, 0.3) is 0 Å². The lowest BCUT2D eigenvalue weighted by Gasteiger charge is -2.34. The maximum Gasteiger partial charge on any atom is 0.187 e. The number of rotatable bonds is 6. The molecule has 0 spiro atoms. The minimum Gasteiger partial charge on any atom is -0.395 e. The average molecular weight is 371 g/mol. The van der Waals surface area contributed by atoms with Gasteiger partial charge in [-0.25, -0.2) is 0 Å². The van der Waals surface area contributed by atoms with E-state index in [4.69, 9.17) is 5.11 Å². The minimum absolute atomic E-state index is 0.0512. The normalized spacial score (nSPS) is 26.7. The molecule has 0 radical (unpaired) electrons. The van der Waals surface area contributed by atoms with E-state index in [0.29, 0.717) is 13.0 Å².